The van der Waals surface area contributed by atoms with Gasteiger partial charge in [-0.3, -0.25) is 9.63 Å². The van der Waals surface area contributed by atoms with Gasteiger partial charge in [-0.25, -0.2) is 5.48 Å². The van der Waals surface area contributed by atoms with Gasteiger partial charge in [-0.15, -0.1) is 11.8 Å². The van der Waals surface area contributed by atoms with E-state index in [9.17, 15) is 4.79 Å². The van der Waals surface area contributed by atoms with Crippen molar-refractivity contribution in [2.24, 2.45) is 0 Å². The van der Waals surface area contributed by atoms with Crippen LogP contribution < -0.4 is 10.8 Å². The zero-order valence-electron chi connectivity index (χ0n) is 11.4. The van der Waals surface area contributed by atoms with Gasteiger partial charge in [0.25, 0.3) is 0 Å². The zero-order valence-corrected chi connectivity index (χ0v) is 12.2. The van der Waals surface area contributed by atoms with Crippen LogP contribution in [-0.4, -0.2) is 17.7 Å². The highest BCUT2D eigenvalue weighted by atomic mass is 32.2. The second-order valence-electron chi connectivity index (χ2n) is 4.71. The van der Waals surface area contributed by atoms with Crippen LogP contribution in [0.1, 0.15) is 5.56 Å². The van der Waals surface area contributed by atoms with E-state index in [-0.39, 0.29) is 11.2 Å². The summed E-state index contributed by atoms with van der Waals surface area (Å²) in [5, 5.41) is 2.73. The summed E-state index contributed by atoms with van der Waals surface area (Å²) in [6.07, 6.45) is 0. The molecule has 0 bridgehead atoms. The predicted molar refractivity (Wildman–Crippen MR) is 84.0 cm³/mol. The van der Waals surface area contributed by atoms with Gasteiger partial charge in [0.15, 0.2) is 0 Å². The molecule has 1 atom stereocenters. The Morgan fingerprint density at radius 3 is 2.71 bits per heavy atom. The van der Waals surface area contributed by atoms with Crippen LogP contribution in [0.15, 0.2) is 59.5 Å². The number of fused-ring (bicyclic) bond motifs is 1. The van der Waals surface area contributed by atoms with E-state index in [2.05, 4.69) is 10.8 Å². The van der Waals surface area contributed by atoms with E-state index in [4.69, 9.17) is 4.84 Å². The number of benzene rings is 2. The molecule has 0 spiro atoms. The number of amides is 1. The Bertz CT molecular complexity index is 619. The fraction of sp³-hybridized carbons (Fsp3) is 0.188. The van der Waals surface area contributed by atoms with Crippen molar-refractivity contribution in [3.05, 3.63) is 60.2 Å². The fourth-order valence-electron chi connectivity index (χ4n) is 2.07. The van der Waals surface area contributed by atoms with Crippen LogP contribution in [0, 0.1) is 0 Å². The molecular weight excluding hydrogens is 284 g/mol. The third kappa shape index (κ3) is 3.64. The standard InChI is InChI=1S/C16H16N2O2S/c19-16-15(21-14-9-5-4-8-13(14)18-16)10-17-20-11-12-6-2-1-3-7-12/h1-9,15,17H,10-11H2,(H,18,19). The van der Waals surface area contributed by atoms with Gasteiger partial charge in [0.1, 0.15) is 5.25 Å². The Kier molecular flexibility index (Phi) is 4.55. The molecule has 3 rings (SSSR count). The van der Waals surface area contributed by atoms with Gasteiger partial charge in [-0.05, 0) is 17.7 Å². The minimum absolute atomic E-state index is 0.00881. The maximum absolute atomic E-state index is 12.0. The lowest BCUT2D eigenvalue weighted by Gasteiger charge is -2.23. The lowest BCUT2D eigenvalue weighted by atomic mass is 10.2. The Hall–Kier alpha value is -1.82. The average molecular weight is 300 g/mol. The second kappa shape index (κ2) is 6.76. The number of para-hydroxylation sites is 1. The van der Waals surface area contributed by atoms with E-state index in [0.717, 1.165) is 16.1 Å². The quantitative estimate of drug-likeness (QED) is 0.658. The summed E-state index contributed by atoms with van der Waals surface area (Å²) >= 11 is 1.56. The molecule has 4 nitrogen and oxygen atoms in total. The molecule has 1 aliphatic heterocycles. The van der Waals surface area contributed by atoms with Gasteiger partial charge in [-0.1, -0.05) is 42.5 Å². The third-order valence-electron chi connectivity index (χ3n) is 3.16. The Morgan fingerprint density at radius 2 is 1.86 bits per heavy atom. The van der Waals surface area contributed by atoms with Crippen molar-refractivity contribution in [2.75, 3.05) is 11.9 Å². The maximum atomic E-state index is 12.0. The second-order valence-corrected chi connectivity index (χ2v) is 5.96. The van der Waals surface area contributed by atoms with Crippen molar-refractivity contribution in [2.45, 2.75) is 16.8 Å². The van der Waals surface area contributed by atoms with Crippen LogP contribution >= 0.6 is 11.8 Å². The summed E-state index contributed by atoms with van der Waals surface area (Å²) in [4.78, 5) is 18.5. The molecule has 2 aromatic carbocycles. The molecule has 0 fully saturated rings. The molecule has 5 heteroatoms. The summed E-state index contributed by atoms with van der Waals surface area (Å²) in [7, 11) is 0. The van der Waals surface area contributed by atoms with Crippen molar-refractivity contribution in [1.29, 1.82) is 0 Å². The summed E-state index contributed by atoms with van der Waals surface area (Å²) in [6.45, 7) is 0.952. The predicted octanol–water partition coefficient (Wildman–Crippen LogP) is 2.82. The number of hydrogen-bond acceptors (Lipinski definition) is 4. The smallest absolute Gasteiger partial charge is 0.239 e. The molecule has 0 radical (unpaired) electrons. The highest BCUT2D eigenvalue weighted by Gasteiger charge is 2.26. The van der Waals surface area contributed by atoms with Gasteiger partial charge in [0, 0.05) is 11.4 Å². The minimum Gasteiger partial charge on any atom is -0.324 e. The topological polar surface area (TPSA) is 50.4 Å². The number of anilines is 1. The third-order valence-corrected chi connectivity index (χ3v) is 4.43. The molecule has 108 valence electrons. The Balaban J connectivity index is 1.49. The average Bonchev–Trinajstić information content (AvgIpc) is 2.53. The normalized spacial score (nSPS) is 17.1. The van der Waals surface area contributed by atoms with E-state index >= 15 is 0 Å². The molecule has 1 aliphatic rings. The molecule has 21 heavy (non-hydrogen) atoms. The maximum Gasteiger partial charge on any atom is 0.239 e. The van der Waals surface area contributed by atoms with Crippen LogP contribution in [0.5, 0.6) is 0 Å². The lowest BCUT2D eigenvalue weighted by Crippen LogP contribution is -2.37. The van der Waals surface area contributed by atoms with E-state index in [1.54, 1.807) is 11.8 Å². The van der Waals surface area contributed by atoms with Crippen LogP contribution in [0.2, 0.25) is 0 Å². The number of nitrogens with one attached hydrogen (secondary N) is 2. The number of hydrogen-bond donors (Lipinski definition) is 2. The molecule has 1 amide bonds. The van der Waals surface area contributed by atoms with Crippen LogP contribution in [0.25, 0.3) is 0 Å². The van der Waals surface area contributed by atoms with Crippen molar-refractivity contribution in [3.8, 4) is 0 Å². The first-order valence-corrected chi connectivity index (χ1v) is 7.66. The molecule has 0 saturated carbocycles. The number of rotatable bonds is 5. The molecule has 0 saturated heterocycles. The molecule has 1 heterocycles. The van der Waals surface area contributed by atoms with E-state index in [1.807, 2.05) is 54.6 Å². The molecule has 2 N–H and O–H groups in total. The van der Waals surface area contributed by atoms with Crippen LogP contribution in [-0.2, 0) is 16.2 Å². The summed E-state index contributed by atoms with van der Waals surface area (Å²) in [5.74, 6) is 0.00881. The lowest BCUT2D eigenvalue weighted by molar-refractivity contribution is -0.116. The fourth-order valence-corrected chi connectivity index (χ4v) is 3.10. The van der Waals surface area contributed by atoms with E-state index in [1.165, 1.54) is 0 Å². The van der Waals surface area contributed by atoms with Crippen molar-refractivity contribution >= 4 is 23.4 Å². The van der Waals surface area contributed by atoms with Gasteiger partial charge in [0.2, 0.25) is 5.91 Å². The van der Waals surface area contributed by atoms with Crippen LogP contribution in [0.3, 0.4) is 0 Å². The van der Waals surface area contributed by atoms with Crippen LogP contribution in [0.4, 0.5) is 5.69 Å². The molecule has 0 aromatic heterocycles. The molecule has 1 unspecified atom stereocenters. The highest BCUT2D eigenvalue weighted by Crippen LogP contribution is 2.34. The summed E-state index contributed by atoms with van der Waals surface area (Å²) in [5.41, 5.74) is 4.86. The van der Waals surface area contributed by atoms with E-state index in [0.29, 0.717) is 13.2 Å². The minimum atomic E-state index is -0.185. The molecular formula is C16H16N2O2S. The largest absolute Gasteiger partial charge is 0.324 e. The van der Waals surface area contributed by atoms with Crippen molar-refractivity contribution in [3.63, 3.8) is 0 Å². The van der Waals surface area contributed by atoms with Crippen molar-refractivity contribution in [1.82, 2.24) is 5.48 Å². The van der Waals surface area contributed by atoms with Gasteiger partial charge < -0.3 is 5.32 Å². The SMILES string of the molecule is O=C1Nc2ccccc2SC1CNOCc1ccccc1. The van der Waals surface area contributed by atoms with Crippen molar-refractivity contribution < 1.29 is 9.63 Å². The van der Waals surface area contributed by atoms with Gasteiger partial charge in [-0.2, -0.15) is 0 Å². The molecule has 0 aliphatic carbocycles. The van der Waals surface area contributed by atoms with E-state index < -0.39 is 0 Å². The zero-order chi connectivity index (χ0) is 14.5. The first-order valence-electron chi connectivity index (χ1n) is 6.78. The highest BCUT2D eigenvalue weighted by molar-refractivity contribution is 8.01. The molecule has 2 aromatic rings. The summed E-state index contributed by atoms with van der Waals surface area (Å²) < 4.78 is 0. The monoisotopic (exact) mass is 300 g/mol. The number of carbonyl (C=O) groups is 1. The number of hydroxylamine groups is 1. The first-order chi connectivity index (χ1) is 10.3. The number of thioether (sulfide) groups is 1. The summed E-state index contributed by atoms with van der Waals surface area (Å²) in [6, 6.07) is 17.7. The Morgan fingerprint density at radius 1 is 1.10 bits per heavy atom. The van der Waals surface area contributed by atoms with Gasteiger partial charge >= 0.3 is 0 Å². The Labute approximate surface area is 127 Å². The van der Waals surface area contributed by atoms with Gasteiger partial charge in [0.05, 0.1) is 12.3 Å². The number of carbonyl (C=O) groups excluding carboxylic acids is 1. The first kappa shape index (κ1) is 14.1.